The molecule has 1 aliphatic rings. The number of methoxy groups -OCH3 is 1. The first kappa shape index (κ1) is 22.0. The fraction of sp³-hybridized carbons (Fsp3) is 0.409. The summed E-state index contributed by atoms with van der Waals surface area (Å²) in [6.45, 7) is 8.53. The molecule has 162 valence electrons. The number of fused-ring (bicyclic) bond motifs is 1. The highest BCUT2D eigenvalue weighted by Crippen LogP contribution is 2.39. The Balaban J connectivity index is 1.98. The van der Waals surface area contributed by atoms with Gasteiger partial charge in [0, 0.05) is 12.6 Å². The van der Waals surface area contributed by atoms with Crippen LogP contribution < -0.4 is 19.1 Å². The molecule has 0 saturated carbocycles. The molecule has 0 aromatic heterocycles. The minimum atomic E-state index is -3.87. The average molecular weight is 433 g/mol. The zero-order valence-corrected chi connectivity index (χ0v) is 18.7. The van der Waals surface area contributed by atoms with Crippen molar-refractivity contribution < 1.29 is 22.7 Å². The van der Waals surface area contributed by atoms with Crippen molar-refractivity contribution in [2.75, 3.05) is 29.9 Å². The zero-order chi connectivity index (χ0) is 22.1. The number of anilines is 2. The van der Waals surface area contributed by atoms with Gasteiger partial charge in [0.15, 0.2) is 0 Å². The van der Waals surface area contributed by atoms with Crippen LogP contribution in [0.25, 0.3) is 0 Å². The molecule has 0 saturated heterocycles. The maximum Gasteiger partial charge on any atom is 0.265 e. The normalized spacial score (nSPS) is 15.9. The number of rotatable bonds is 6. The maximum absolute atomic E-state index is 13.1. The smallest absolute Gasteiger partial charge is 0.265 e. The van der Waals surface area contributed by atoms with Crippen LogP contribution in [-0.4, -0.2) is 34.6 Å². The quantitative estimate of drug-likeness (QED) is 0.748. The van der Waals surface area contributed by atoms with Crippen molar-refractivity contribution in [1.82, 2.24) is 0 Å². The molecular weight excluding hydrogens is 404 g/mol. The third kappa shape index (κ3) is 4.38. The third-order valence-corrected chi connectivity index (χ3v) is 6.24. The minimum Gasteiger partial charge on any atom is -0.495 e. The van der Waals surface area contributed by atoms with Crippen LogP contribution in [0.2, 0.25) is 0 Å². The van der Waals surface area contributed by atoms with Gasteiger partial charge < -0.3 is 14.4 Å². The van der Waals surface area contributed by atoms with Crippen molar-refractivity contribution in [2.45, 2.75) is 32.6 Å². The first-order chi connectivity index (χ1) is 14.0. The summed E-state index contributed by atoms with van der Waals surface area (Å²) in [7, 11) is -2.45. The van der Waals surface area contributed by atoms with Crippen LogP contribution in [0.15, 0.2) is 47.4 Å². The molecule has 0 unspecified atom stereocenters. The molecule has 1 aliphatic heterocycles. The van der Waals surface area contributed by atoms with E-state index in [9.17, 15) is 13.2 Å². The van der Waals surface area contributed by atoms with Gasteiger partial charge in [0.05, 0.1) is 23.9 Å². The number of hydrogen-bond donors (Lipinski definition) is 1. The molecule has 7 nitrogen and oxygen atoms in total. The fourth-order valence-corrected chi connectivity index (χ4v) is 4.53. The topological polar surface area (TPSA) is 84.9 Å². The monoisotopic (exact) mass is 432 g/mol. The first-order valence-corrected chi connectivity index (χ1v) is 11.3. The second-order valence-electron chi connectivity index (χ2n) is 8.42. The van der Waals surface area contributed by atoms with Gasteiger partial charge in [-0.2, -0.15) is 0 Å². The molecule has 1 N–H and O–H groups in total. The van der Waals surface area contributed by atoms with E-state index in [1.165, 1.54) is 13.2 Å². The van der Waals surface area contributed by atoms with Crippen LogP contribution in [0.5, 0.6) is 11.5 Å². The van der Waals surface area contributed by atoms with Gasteiger partial charge in [0.25, 0.3) is 10.0 Å². The number of nitrogens with one attached hydrogen (secondary N) is 1. The van der Waals surface area contributed by atoms with Crippen molar-refractivity contribution in [3.05, 3.63) is 42.5 Å². The summed E-state index contributed by atoms with van der Waals surface area (Å²) in [4.78, 5) is 14.8. The molecule has 0 atom stereocenters. The van der Waals surface area contributed by atoms with Crippen LogP contribution >= 0.6 is 0 Å². The van der Waals surface area contributed by atoms with Crippen LogP contribution in [-0.2, 0) is 14.8 Å². The van der Waals surface area contributed by atoms with Crippen LogP contribution in [0.4, 0.5) is 11.4 Å². The molecule has 0 fully saturated rings. The number of amides is 1. The van der Waals surface area contributed by atoms with Crippen LogP contribution in [0.1, 0.15) is 27.7 Å². The van der Waals surface area contributed by atoms with E-state index in [2.05, 4.69) is 4.72 Å². The van der Waals surface area contributed by atoms with Crippen molar-refractivity contribution >= 4 is 27.3 Å². The van der Waals surface area contributed by atoms with Gasteiger partial charge in [-0.1, -0.05) is 26.0 Å². The molecule has 0 radical (unpaired) electrons. The lowest BCUT2D eigenvalue weighted by molar-refractivity contribution is -0.127. The Morgan fingerprint density at radius 3 is 2.57 bits per heavy atom. The zero-order valence-electron chi connectivity index (χ0n) is 17.9. The molecule has 30 heavy (non-hydrogen) atoms. The largest absolute Gasteiger partial charge is 0.495 e. The standard InChI is InChI=1S/C22H28N2O5S/c1-15(2)13-24-17-11-10-16(12-19(17)29-14-22(3,4)21(24)25)23-30(26,27)20-9-7-6-8-18(20)28-5/h6-12,15,23H,13-14H2,1-5H3. The Hall–Kier alpha value is -2.74. The number of benzene rings is 2. The molecule has 0 aliphatic carbocycles. The van der Waals surface area contributed by atoms with E-state index in [0.29, 0.717) is 23.7 Å². The maximum atomic E-state index is 13.1. The lowest BCUT2D eigenvalue weighted by Crippen LogP contribution is -2.43. The first-order valence-electron chi connectivity index (χ1n) is 9.80. The van der Waals surface area contributed by atoms with Gasteiger partial charge in [-0.25, -0.2) is 8.42 Å². The summed E-state index contributed by atoms with van der Waals surface area (Å²) in [6, 6.07) is 11.4. The number of hydrogen-bond acceptors (Lipinski definition) is 5. The SMILES string of the molecule is COc1ccccc1S(=O)(=O)Nc1ccc2c(c1)OCC(C)(C)C(=O)N2CC(C)C. The highest BCUT2D eigenvalue weighted by molar-refractivity contribution is 7.92. The molecule has 2 aromatic rings. The van der Waals surface area contributed by atoms with Crippen molar-refractivity contribution in [1.29, 1.82) is 0 Å². The molecule has 0 spiro atoms. The highest BCUT2D eigenvalue weighted by atomic mass is 32.2. The molecule has 0 bridgehead atoms. The Labute approximate surface area is 178 Å². The van der Waals surface area contributed by atoms with Gasteiger partial charge >= 0.3 is 0 Å². The van der Waals surface area contributed by atoms with Gasteiger partial charge in [0.2, 0.25) is 5.91 Å². The van der Waals surface area contributed by atoms with E-state index in [-0.39, 0.29) is 29.1 Å². The van der Waals surface area contributed by atoms with E-state index in [1.54, 1.807) is 41.3 Å². The molecule has 8 heteroatoms. The summed E-state index contributed by atoms with van der Waals surface area (Å²) in [5.74, 6) is 0.970. The van der Waals surface area contributed by atoms with Crippen molar-refractivity contribution in [2.24, 2.45) is 11.3 Å². The molecule has 1 heterocycles. The number of carbonyl (C=O) groups excluding carboxylic acids is 1. The summed E-state index contributed by atoms with van der Waals surface area (Å²) in [5, 5.41) is 0. The predicted octanol–water partition coefficient (Wildman–Crippen LogP) is 3.90. The van der Waals surface area contributed by atoms with E-state index in [1.807, 2.05) is 27.7 Å². The van der Waals surface area contributed by atoms with Crippen molar-refractivity contribution in [3.8, 4) is 11.5 Å². The average Bonchev–Trinajstić information content (AvgIpc) is 2.77. The predicted molar refractivity (Wildman–Crippen MR) is 117 cm³/mol. The summed E-state index contributed by atoms with van der Waals surface area (Å²) in [6.07, 6.45) is 0. The summed E-state index contributed by atoms with van der Waals surface area (Å²) >= 11 is 0. The van der Waals surface area contributed by atoms with Gasteiger partial charge in [-0.3, -0.25) is 9.52 Å². The Morgan fingerprint density at radius 1 is 1.20 bits per heavy atom. The second kappa shape index (κ2) is 8.18. The highest BCUT2D eigenvalue weighted by Gasteiger charge is 2.38. The Bertz CT molecular complexity index is 1050. The summed E-state index contributed by atoms with van der Waals surface area (Å²) in [5.41, 5.74) is 0.293. The number of ether oxygens (including phenoxy) is 2. The van der Waals surface area contributed by atoms with E-state index >= 15 is 0 Å². The number of carbonyl (C=O) groups is 1. The number of para-hydroxylation sites is 1. The van der Waals surface area contributed by atoms with Gasteiger partial charge in [-0.05, 0) is 44.0 Å². The van der Waals surface area contributed by atoms with E-state index in [4.69, 9.17) is 9.47 Å². The second-order valence-corrected chi connectivity index (χ2v) is 10.1. The van der Waals surface area contributed by atoms with Crippen LogP contribution in [0.3, 0.4) is 0 Å². The van der Waals surface area contributed by atoms with Gasteiger partial charge in [-0.15, -0.1) is 0 Å². The number of nitrogens with zero attached hydrogens (tertiary/aromatic N) is 1. The Kier molecular flexibility index (Phi) is 5.99. The summed E-state index contributed by atoms with van der Waals surface area (Å²) < 4.78 is 39.5. The third-order valence-electron chi connectivity index (χ3n) is 4.82. The lowest BCUT2D eigenvalue weighted by atomic mass is 9.92. The lowest BCUT2D eigenvalue weighted by Gasteiger charge is -2.29. The van der Waals surface area contributed by atoms with E-state index in [0.717, 1.165) is 0 Å². The molecular formula is C22H28N2O5S. The van der Waals surface area contributed by atoms with E-state index < -0.39 is 15.4 Å². The van der Waals surface area contributed by atoms with Crippen molar-refractivity contribution in [3.63, 3.8) is 0 Å². The Morgan fingerprint density at radius 2 is 1.90 bits per heavy atom. The van der Waals surface area contributed by atoms with Crippen LogP contribution in [0, 0.1) is 11.3 Å². The molecule has 1 amide bonds. The van der Waals surface area contributed by atoms with Gasteiger partial charge in [0.1, 0.15) is 23.0 Å². The molecule has 3 rings (SSSR count). The molecule has 2 aromatic carbocycles. The minimum absolute atomic E-state index is 0.0164. The fourth-order valence-electron chi connectivity index (χ4n) is 3.31. The number of sulfonamides is 1.